The van der Waals surface area contributed by atoms with Crippen molar-refractivity contribution in [1.29, 1.82) is 0 Å². The fourth-order valence-electron chi connectivity index (χ4n) is 3.81. The maximum Gasteiger partial charge on any atom is 0.267 e. The first-order valence-electron chi connectivity index (χ1n) is 8.35. The Morgan fingerprint density at radius 2 is 2.22 bits per heavy atom. The van der Waals surface area contributed by atoms with Gasteiger partial charge in [-0.2, -0.15) is 0 Å². The van der Waals surface area contributed by atoms with Gasteiger partial charge in [0.15, 0.2) is 6.23 Å². The Morgan fingerprint density at radius 1 is 1.41 bits per heavy atom. The summed E-state index contributed by atoms with van der Waals surface area (Å²) in [7, 11) is 0. The van der Waals surface area contributed by atoms with Crippen LogP contribution < -0.4 is 5.32 Å². The molecular weight excluding hydrogens is 372 g/mol. The molecule has 3 aromatic heterocycles. The molecule has 0 bridgehead atoms. The van der Waals surface area contributed by atoms with Gasteiger partial charge in [-0.25, -0.2) is 9.97 Å². The zero-order chi connectivity index (χ0) is 18.9. The summed E-state index contributed by atoms with van der Waals surface area (Å²) < 4.78 is 7.36. The standard InChI is InChI=1S/C17H16N4O5S/c1-17(25)12(23)9(5-22)26-16(17)21-4-8-7-2-3-27-11(7)15(24)20-13-10(8)14(21)19-6-18-13/h2-4,6,9,12,16,22-23,25H,5H2,1H3,(H,18,19,20,24)/t9?,12-,16?,17?/m1/s1. The Kier molecular flexibility index (Phi) is 3.46. The Hall–Kier alpha value is -2.37. The lowest BCUT2D eigenvalue weighted by Crippen LogP contribution is -2.44. The second-order valence-electron chi connectivity index (χ2n) is 6.87. The molecule has 10 heteroatoms. The maximum absolute atomic E-state index is 12.4. The van der Waals surface area contributed by atoms with Crippen molar-refractivity contribution in [1.82, 2.24) is 14.5 Å². The van der Waals surface area contributed by atoms with Gasteiger partial charge in [-0.3, -0.25) is 4.79 Å². The molecule has 2 aliphatic rings. The van der Waals surface area contributed by atoms with Gasteiger partial charge in [-0.15, -0.1) is 11.3 Å². The molecule has 9 nitrogen and oxygen atoms in total. The van der Waals surface area contributed by atoms with E-state index in [0.717, 1.165) is 11.1 Å². The van der Waals surface area contributed by atoms with Crippen LogP contribution in [-0.4, -0.2) is 60.2 Å². The van der Waals surface area contributed by atoms with E-state index >= 15 is 0 Å². The Balaban J connectivity index is 1.77. The zero-order valence-electron chi connectivity index (χ0n) is 14.2. The number of aromatic nitrogens is 3. The lowest BCUT2D eigenvalue weighted by molar-refractivity contribution is -0.0948. The first-order chi connectivity index (χ1) is 12.9. The highest BCUT2D eigenvalue weighted by Crippen LogP contribution is 2.45. The number of hydrogen-bond donors (Lipinski definition) is 4. The molecule has 2 aliphatic heterocycles. The SMILES string of the molecule is CC1(O)C(n2cc3c4c(ncnc42)NC(=O)c2sccc2-3)OC(CO)[C@H]1O. The van der Waals surface area contributed by atoms with Gasteiger partial charge in [0.25, 0.3) is 5.91 Å². The predicted octanol–water partition coefficient (Wildman–Crippen LogP) is 0.727. The van der Waals surface area contributed by atoms with Gasteiger partial charge in [-0.05, 0) is 18.4 Å². The second kappa shape index (κ2) is 5.57. The fraction of sp³-hybridized carbons (Fsp3) is 0.353. The molecule has 0 saturated carbocycles. The quantitative estimate of drug-likeness (QED) is 0.509. The highest BCUT2D eigenvalue weighted by Gasteiger charge is 2.53. The minimum absolute atomic E-state index is 0.234. The van der Waals surface area contributed by atoms with Gasteiger partial charge in [0, 0.05) is 17.3 Å². The lowest BCUT2D eigenvalue weighted by Gasteiger charge is -2.27. The van der Waals surface area contributed by atoms with Crippen molar-refractivity contribution in [3.05, 3.63) is 28.8 Å². The summed E-state index contributed by atoms with van der Waals surface area (Å²) in [5.74, 6) is 0.140. The summed E-state index contributed by atoms with van der Waals surface area (Å²) in [6, 6.07) is 1.85. The summed E-state index contributed by atoms with van der Waals surface area (Å²) >= 11 is 1.32. The van der Waals surface area contributed by atoms with Gasteiger partial charge in [-0.1, -0.05) is 0 Å². The van der Waals surface area contributed by atoms with Crippen LogP contribution in [-0.2, 0) is 4.74 Å². The molecule has 5 heterocycles. The minimum Gasteiger partial charge on any atom is -0.394 e. The summed E-state index contributed by atoms with van der Waals surface area (Å²) in [4.78, 5) is 21.5. The van der Waals surface area contributed by atoms with Crippen LogP contribution in [0.25, 0.3) is 22.2 Å². The number of thiophene rings is 1. The molecule has 140 valence electrons. The number of fused-ring (bicyclic) bond motifs is 2. The van der Waals surface area contributed by atoms with Crippen LogP contribution in [0, 0.1) is 0 Å². The number of aliphatic hydroxyl groups excluding tert-OH is 2. The van der Waals surface area contributed by atoms with Crippen LogP contribution in [0.2, 0.25) is 0 Å². The van der Waals surface area contributed by atoms with Crippen LogP contribution in [0.4, 0.5) is 5.82 Å². The Morgan fingerprint density at radius 3 is 2.96 bits per heavy atom. The molecule has 0 radical (unpaired) electrons. The third kappa shape index (κ3) is 2.15. The van der Waals surface area contributed by atoms with Crippen molar-refractivity contribution in [3.8, 4) is 11.1 Å². The van der Waals surface area contributed by atoms with Crippen molar-refractivity contribution < 1.29 is 24.9 Å². The molecule has 4 atom stereocenters. The van der Waals surface area contributed by atoms with Crippen LogP contribution in [0.5, 0.6) is 0 Å². The first-order valence-corrected chi connectivity index (χ1v) is 9.23. The van der Waals surface area contributed by atoms with Gasteiger partial charge < -0.3 is 29.9 Å². The van der Waals surface area contributed by atoms with Gasteiger partial charge in [0.1, 0.15) is 40.5 Å². The van der Waals surface area contributed by atoms with Crippen LogP contribution in [0.3, 0.4) is 0 Å². The van der Waals surface area contributed by atoms with Gasteiger partial charge in [0.05, 0.1) is 12.0 Å². The molecule has 1 saturated heterocycles. The van der Waals surface area contributed by atoms with E-state index in [4.69, 9.17) is 4.74 Å². The largest absolute Gasteiger partial charge is 0.394 e. The number of hydrogen-bond acceptors (Lipinski definition) is 8. The molecule has 0 aromatic carbocycles. The van der Waals surface area contributed by atoms with E-state index in [1.807, 2.05) is 11.4 Å². The van der Waals surface area contributed by atoms with Crippen molar-refractivity contribution >= 4 is 34.1 Å². The number of aliphatic hydroxyl groups is 3. The van der Waals surface area contributed by atoms with Gasteiger partial charge >= 0.3 is 0 Å². The maximum atomic E-state index is 12.4. The molecule has 3 unspecified atom stereocenters. The number of carbonyl (C=O) groups excluding carboxylic acids is 1. The van der Waals surface area contributed by atoms with E-state index < -0.39 is 30.6 Å². The number of ether oxygens (including phenoxy) is 1. The lowest BCUT2D eigenvalue weighted by atomic mass is 9.96. The van der Waals surface area contributed by atoms with Crippen molar-refractivity contribution in [2.24, 2.45) is 0 Å². The average Bonchev–Trinajstić information content (AvgIpc) is 3.29. The van der Waals surface area contributed by atoms with E-state index in [-0.39, 0.29) is 5.91 Å². The zero-order valence-corrected chi connectivity index (χ0v) is 15.0. The summed E-state index contributed by atoms with van der Waals surface area (Å²) in [5, 5.41) is 35.9. The third-order valence-corrected chi connectivity index (χ3v) is 6.10. The molecular formula is C17H16N4O5S. The second-order valence-corrected chi connectivity index (χ2v) is 7.78. The highest BCUT2D eigenvalue weighted by atomic mass is 32.1. The van der Waals surface area contributed by atoms with Gasteiger partial charge in [0.2, 0.25) is 0 Å². The number of carbonyl (C=O) groups is 1. The Bertz CT molecular complexity index is 1070. The van der Waals surface area contributed by atoms with E-state index in [1.165, 1.54) is 24.6 Å². The number of anilines is 1. The summed E-state index contributed by atoms with van der Waals surface area (Å²) in [5.41, 5.74) is 0.278. The van der Waals surface area contributed by atoms with Crippen LogP contribution >= 0.6 is 11.3 Å². The first kappa shape index (κ1) is 16.8. The molecule has 5 rings (SSSR count). The number of nitrogens with one attached hydrogen (secondary N) is 1. The topological polar surface area (TPSA) is 130 Å². The minimum atomic E-state index is -1.65. The number of rotatable bonds is 2. The average molecular weight is 388 g/mol. The fourth-order valence-corrected chi connectivity index (χ4v) is 4.62. The molecule has 0 aliphatic carbocycles. The highest BCUT2D eigenvalue weighted by molar-refractivity contribution is 7.12. The molecule has 1 amide bonds. The van der Waals surface area contributed by atoms with E-state index in [9.17, 15) is 20.1 Å². The van der Waals surface area contributed by atoms with Crippen LogP contribution in [0.15, 0.2) is 24.0 Å². The predicted molar refractivity (Wildman–Crippen MR) is 96.4 cm³/mol. The summed E-state index contributed by atoms with van der Waals surface area (Å²) in [6.07, 6.45) is -0.0990. The number of amides is 1. The smallest absolute Gasteiger partial charge is 0.267 e. The summed E-state index contributed by atoms with van der Waals surface area (Å²) in [6.45, 7) is 1.03. The monoisotopic (exact) mass is 388 g/mol. The van der Waals surface area contributed by atoms with Crippen molar-refractivity contribution in [3.63, 3.8) is 0 Å². The van der Waals surface area contributed by atoms with E-state index in [1.54, 1.807) is 10.8 Å². The molecule has 4 N–H and O–H groups in total. The third-order valence-electron chi connectivity index (χ3n) is 5.19. The van der Waals surface area contributed by atoms with Crippen molar-refractivity contribution in [2.45, 2.75) is 31.0 Å². The van der Waals surface area contributed by atoms with Crippen LogP contribution in [0.1, 0.15) is 22.8 Å². The molecule has 3 aromatic rings. The van der Waals surface area contributed by atoms with Crippen molar-refractivity contribution in [2.75, 3.05) is 11.9 Å². The van der Waals surface area contributed by atoms with E-state index in [2.05, 4.69) is 15.3 Å². The molecule has 1 fully saturated rings. The number of nitrogens with zero attached hydrogens (tertiary/aromatic N) is 3. The normalized spacial score (nSPS) is 29.6. The van der Waals surface area contributed by atoms with E-state index in [0.29, 0.717) is 21.7 Å². The molecule has 0 spiro atoms. The molecule has 27 heavy (non-hydrogen) atoms. The Labute approximate surface area is 156 Å².